The van der Waals surface area contributed by atoms with Crippen LogP contribution in [0.15, 0.2) is 62.7 Å². The zero-order valence-corrected chi connectivity index (χ0v) is 17.8. The van der Waals surface area contributed by atoms with E-state index in [0.717, 1.165) is 15.0 Å². The van der Waals surface area contributed by atoms with Crippen LogP contribution in [-0.2, 0) is 10.0 Å². The highest BCUT2D eigenvalue weighted by Crippen LogP contribution is 2.23. The molecule has 8 nitrogen and oxygen atoms in total. The van der Waals surface area contributed by atoms with Crippen LogP contribution in [0.3, 0.4) is 0 Å². The molecule has 0 radical (unpaired) electrons. The number of rotatable bonds is 7. The van der Waals surface area contributed by atoms with Crippen LogP contribution in [0.1, 0.15) is 17.3 Å². The van der Waals surface area contributed by atoms with Gasteiger partial charge in [0.25, 0.3) is 5.91 Å². The van der Waals surface area contributed by atoms with E-state index in [1.807, 2.05) is 12.1 Å². The van der Waals surface area contributed by atoms with Crippen molar-refractivity contribution in [3.8, 4) is 11.5 Å². The smallest absolute Gasteiger partial charge is 0.322 e. The van der Waals surface area contributed by atoms with Crippen LogP contribution >= 0.6 is 11.8 Å². The van der Waals surface area contributed by atoms with Gasteiger partial charge in [0.05, 0.1) is 4.90 Å². The molecule has 1 amide bonds. The Morgan fingerprint density at radius 2 is 1.72 bits per heavy atom. The molecule has 0 atom stereocenters. The molecule has 2 aromatic carbocycles. The summed E-state index contributed by atoms with van der Waals surface area (Å²) in [6.07, 6.45) is 0. The number of anilines is 1. The Hall–Kier alpha value is -2.69. The normalized spacial score (nSPS) is 11.6. The lowest BCUT2D eigenvalue weighted by atomic mass is 10.2. The summed E-state index contributed by atoms with van der Waals surface area (Å²) in [5, 5.41) is 10.3. The molecule has 1 aromatic heterocycles. The van der Waals surface area contributed by atoms with Gasteiger partial charge in [-0.3, -0.25) is 10.1 Å². The predicted octanol–water partition coefficient (Wildman–Crippen LogP) is 3.35. The molecule has 0 aliphatic carbocycles. The monoisotopic (exact) mass is 432 g/mol. The summed E-state index contributed by atoms with van der Waals surface area (Å²) in [6.45, 7) is 2.06. The second kappa shape index (κ2) is 8.76. The highest BCUT2D eigenvalue weighted by Gasteiger charge is 2.18. The van der Waals surface area contributed by atoms with E-state index in [1.54, 1.807) is 36.0 Å². The van der Waals surface area contributed by atoms with Gasteiger partial charge in [-0.25, -0.2) is 12.7 Å². The fraction of sp³-hybridized carbons (Fsp3) is 0.211. The molecule has 0 saturated carbocycles. The van der Waals surface area contributed by atoms with E-state index >= 15 is 0 Å². The van der Waals surface area contributed by atoms with E-state index in [1.165, 1.54) is 26.2 Å². The number of hydrogen-bond acceptors (Lipinski definition) is 7. The number of nitrogens with zero attached hydrogens (tertiary/aromatic N) is 3. The summed E-state index contributed by atoms with van der Waals surface area (Å²) in [7, 11) is -0.587. The number of benzene rings is 2. The summed E-state index contributed by atoms with van der Waals surface area (Å²) >= 11 is 1.69. The Morgan fingerprint density at radius 1 is 1.07 bits per heavy atom. The quantitative estimate of drug-likeness (QED) is 0.571. The molecule has 0 saturated heterocycles. The number of hydrogen-bond donors (Lipinski definition) is 1. The van der Waals surface area contributed by atoms with Crippen molar-refractivity contribution in [2.24, 2.45) is 0 Å². The van der Waals surface area contributed by atoms with Crippen molar-refractivity contribution < 1.29 is 17.6 Å². The first-order valence-corrected chi connectivity index (χ1v) is 11.1. The first-order valence-electron chi connectivity index (χ1n) is 8.72. The van der Waals surface area contributed by atoms with E-state index in [9.17, 15) is 13.2 Å². The first kappa shape index (κ1) is 21.0. The minimum absolute atomic E-state index is 0.0398. The van der Waals surface area contributed by atoms with Gasteiger partial charge < -0.3 is 4.42 Å². The van der Waals surface area contributed by atoms with Gasteiger partial charge in [0, 0.05) is 30.1 Å². The number of thioether (sulfide) groups is 1. The van der Waals surface area contributed by atoms with Gasteiger partial charge in [-0.1, -0.05) is 12.0 Å². The van der Waals surface area contributed by atoms with Crippen LogP contribution in [0.2, 0.25) is 0 Å². The third-order valence-corrected chi connectivity index (χ3v) is 6.68. The Labute approximate surface area is 173 Å². The van der Waals surface area contributed by atoms with Crippen molar-refractivity contribution in [2.75, 3.05) is 25.2 Å². The van der Waals surface area contributed by atoms with E-state index in [-0.39, 0.29) is 22.7 Å². The lowest BCUT2D eigenvalue weighted by molar-refractivity contribution is 0.102. The van der Waals surface area contributed by atoms with Crippen LogP contribution in [0.5, 0.6) is 0 Å². The van der Waals surface area contributed by atoms with Gasteiger partial charge in [-0.2, -0.15) is 0 Å². The fourth-order valence-electron chi connectivity index (χ4n) is 2.41. The molecule has 0 bridgehead atoms. The minimum Gasteiger partial charge on any atom is -0.403 e. The highest BCUT2D eigenvalue weighted by molar-refractivity contribution is 7.99. The summed E-state index contributed by atoms with van der Waals surface area (Å²) in [4.78, 5) is 13.6. The van der Waals surface area contributed by atoms with Gasteiger partial charge in [0.15, 0.2) is 0 Å². The molecule has 0 aliphatic heterocycles. The van der Waals surface area contributed by atoms with Gasteiger partial charge in [-0.15, -0.1) is 16.9 Å². The number of carbonyl (C=O) groups excluding carboxylic acids is 1. The molecular weight excluding hydrogens is 412 g/mol. The van der Waals surface area contributed by atoms with E-state index in [4.69, 9.17) is 4.42 Å². The molecule has 3 aromatic rings. The average molecular weight is 433 g/mol. The predicted molar refractivity (Wildman–Crippen MR) is 111 cm³/mol. The maximum atomic E-state index is 12.3. The SMILES string of the molecule is CCSc1ccc(C(=O)Nc2nnc(-c3ccc(S(=O)(=O)N(C)C)cc3)o2)cc1. The number of sulfonamides is 1. The lowest BCUT2D eigenvalue weighted by Gasteiger charge is -2.11. The summed E-state index contributed by atoms with van der Waals surface area (Å²) in [6, 6.07) is 13.2. The van der Waals surface area contributed by atoms with E-state index in [0.29, 0.717) is 11.1 Å². The topological polar surface area (TPSA) is 105 Å². The van der Waals surface area contributed by atoms with Gasteiger partial charge in [0.2, 0.25) is 15.9 Å². The van der Waals surface area contributed by atoms with Crippen LogP contribution in [0.4, 0.5) is 6.01 Å². The number of aromatic nitrogens is 2. The van der Waals surface area contributed by atoms with Crippen LogP contribution < -0.4 is 5.32 Å². The average Bonchev–Trinajstić information content (AvgIpc) is 3.17. The van der Waals surface area contributed by atoms with Crippen LogP contribution in [0, 0.1) is 0 Å². The van der Waals surface area contributed by atoms with Crippen LogP contribution in [0.25, 0.3) is 11.5 Å². The molecule has 1 N–H and O–H groups in total. The molecule has 152 valence electrons. The molecule has 3 rings (SSSR count). The number of carbonyl (C=O) groups is 1. The Bertz CT molecular complexity index is 1090. The summed E-state index contributed by atoms with van der Waals surface area (Å²) in [5.74, 6) is 0.766. The molecule has 10 heteroatoms. The first-order chi connectivity index (χ1) is 13.8. The largest absolute Gasteiger partial charge is 0.403 e. The Morgan fingerprint density at radius 3 is 2.31 bits per heavy atom. The molecule has 0 aliphatic rings. The molecule has 0 spiro atoms. The third kappa shape index (κ3) is 4.84. The van der Waals surface area contributed by atoms with E-state index < -0.39 is 10.0 Å². The van der Waals surface area contributed by atoms with E-state index in [2.05, 4.69) is 22.4 Å². The van der Waals surface area contributed by atoms with Gasteiger partial charge in [0.1, 0.15) is 0 Å². The maximum absolute atomic E-state index is 12.3. The van der Waals surface area contributed by atoms with Crippen molar-refractivity contribution >= 4 is 33.7 Å². The van der Waals surface area contributed by atoms with Crippen molar-refractivity contribution in [1.29, 1.82) is 0 Å². The van der Waals surface area contributed by atoms with Gasteiger partial charge in [-0.05, 0) is 54.3 Å². The fourth-order valence-corrected chi connectivity index (χ4v) is 3.97. The summed E-state index contributed by atoms with van der Waals surface area (Å²) in [5.41, 5.74) is 1.01. The number of nitrogens with one attached hydrogen (secondary N) is 1. The molecule has 0 unspecified atom stereocenters. The summed E-state index contributed by atoms with van der Waals surface area (Å²) < 4.78 is 30.9. The number of amides is 1. The van der Waals surface area contributed by atoms with Crippen molar-refractivity contribution in [1.82, 2.24) is 14.5 Å². The third-order valence-electron chi connectivity index (χ3n) is 3.95. The zero-order valence-electron chi connectivity index (χ0n) is 16.1. The molecule has 0 fully saturated rings. The van der Waals surface area contributed by atoms with Crippen molar-refractivity contribution in [3.05, 3.63) is 54.1 Å². The Kier molecular flexibility index (Phi) is 6.36. The standard InChI is InChI=1S/C19H20N4O4S2/c1-4-28-15-9-5-13(6-10-15)17(24)20-19-22-21-18(27-19)14-7-11-16(12-8-14)29(25,26)23(2)3/h5-12H,4H2,1-3H3,(H,20,22,24). The maximum Gasteiger partial charge on any atom is 0.322 e. The Balaban J connectivity index is 1.71. The second-order valence-electron chi connectivity index (χ2n) is 6.14. The molecule has 1 heterocycles. The molecule has 29 heavy (non-hydrogen) atoms. The van der Waals surface area contributed by atoms with Crippen molar-refractivity contribution in [2.45, 2.75) is 16.7 Å². The van der Waals surface area contributed by atoms with Crippen molar-refractivity contribution in [3.63, 3.8) is 0 Å². The minimum atomic E-state index is -3.52. The van der Waals surface area contributed by atoms with Crippen LogP contribution in [-0.4, -0.2) is 48.7 Å². The second-order valence-corrected chi connectivity index (χ2v) is 9.62. The lowest BCUT2D eigenvalue weighted by Crippen LogP contribution is -2.22. The molecular formula is C19H20N4O4S2. The highest BCUT2D eigenvalue weighted by atomic mass is 32.2. The zero-order chi connectivity index (χ0) is 21.0. The van der Waals surface area contributed by atoms with Gasteiger partial charge >= 0.3 is 6.01 Å².